The first-order valence-electron chi connectivity index (χ1n) is 7.49. The van der Waals surface area contributed by atoms with Gasteiger partial charge in [-0.1, -0.05) is 39.8 Å². The van der Waals surface area contributed by atoms with Gasteiger partial charge in [0.25, 0.3) is 0 Å². The molecule has 0 bridgehead atoms. The molecule has 0 saturated heterocycles. The predicted molar refractivity (Wildman–Crippen MR) is 84.2 cm³/mol. The van der Waals surface area contributed by atoms with Crippen molar-refractivity contribution in [2.75, 3.05) is 0 Å². The van der Waals surface area contributed by atoms with Crippen LogP contribution in [0.5, 0.6) is 0 Å². The molecule has 0 radical (unpaired) electrons. The molecule has 0 saturated carbocycles. The number of carbonyl (C=O) groups is 1. The number of imidazole rings is 1. The van der Waals surface area contributed by atoms with Gasteiger partial charge in [-0.05, 0) is 24.0 Å². The van der Waals surface area contributed by atoms with Crippen LogP contribution in [0.15, 0.2) is 24.3 Å². The average molecular weight is 288 g/mol. The summed E-state index contributed by atoms with van der Waals surface area (Å²) in [6, 6.07) is 7.90. The number of aromatic nitrogens is 2. The summed E-state index contributed by atoms with van der Waals surface area (Å²) in [6.07, 6.45) is 0.184. The molecule has 1 aromatic heterocycles. The number of nitrogens with zero attached hydrogens (tertiary/aromatic N) is 2. The molecule has 0 spiro atoms. The molecule has 1 aromatic carbocycles. The third kappa shape index (κ3) is 3.32. The van der Waals surface area contributed by atoms with E-state index in [2.05, 4.69) is 16.5 Å². The number of Topliss-reactive ketones (excluding diaryl/α,β-unsaturated/α-hetero) is 1. The van der Waals surface area contributed by atoms with E-state index < -0.39 is 11.5 Å². The Morgan fingerprint density at radius 3 is 2.62 bits per heavy atom. The number of aliphatic hydroxyl groups excluding tert-OH is 1. The number of carbonyl (C=O) groups excluding carboxylic acids is 1. The highest BCUT2D eigenvalue weighted by atomic mass is 16.3. The summed E-state index contributed by atoms with van der Waals surface area (Å²) < 4.78 is 2.09. The Labute approximate surface area is 125 Å². The molecule has 0 fully saturated rings. The first kappa shape index (κ1) is 15.7. The van der Waals surface area contributed by atoms with Crippen molar-refractivity contribution >= 4 is 16.8 Å². The summed E-state index contributed by atoms with van der Waals surface area (Å²) in [7, 11) is 0. The molecule has 0 amide bonds. The van der Waals surface area contributed by atoms with E-state index in [9.17, 15) is 9.90 Å². The molecule has 21 heavy (non-hydrogen) atoms. The second kappa shape index (κ2) is 5.98. The average Bonchev–Trinajstić information content (AvgIpc) is 2.75. The second-order valence-electron chi connectivity index (χ2n) is 6.58. The number of hydrogen-bond acceptors (Lipinski definition) is 3. The molecule has 2 rings (SSSR count). The second-order valence-corrected chi connectivity index (χ2v) is 6.58. The van der Waals surface area contributed by atoms with Crippen LogP contribution in [-0.2, 0) is 17.8 Å². The maximum atomic E-state index is 12.3. The summed E-state index contributed by atoms with van der Waals surface area (Å²) in [6.45, 7) is 8.53. The van der Waals surface area contributed by atoms with Gasteiger partial charge >= 0.3 is 0 Å². The van der Waals surface area contributed by atoms with Gasteiger partial charge in [-0.25, -0.2) is 4.98 Å². The highest BCUT2D eigenvalue weighted by Crippen LogP contribution is 2.22. The highest BCUT2D eigenvalue weighted by Gasteiger charge is 2.29. The van der Waals surface area contributed by atoms with Crippen LogP contribution in [0, 0.1) is 5.41 Å². The number of aliphatic hydroxyl groups is 1. The van der Waals surface area contributed by atoms with E-state index in [1.54, 1.807) is 0 Å². The van der Waals surface area contributed by atoms with Crippen molar-refractivity contribution in [3.8, 4) is 0 Å². The zero-order chi connectivity index (χ0) is 15.6. The van der Waals surface area contributed by atoms with Crippen LogP contribution in [0.3, 0.4) is 0 Å². The number of benzene rings is 1. The monoisotopic (exact) mass is 288 g/mol. The van der Waals surface area contributed by atoms with Crippen molar-refractivity contribution in [2.45, 2.75) is 53.2 Å². The molecule has 2 aromatic rings. The first-order chi connectivity index (χ1) is 9.84. The van der Waals surface area contributed by atoms with Gasteiger partial charge in [0.05, 0.1) is 17.5 Å². The Morgan fingerprint density at radius 2 is 2.00 bits per heavy atom. The molecule has 1 unspecified atom stereocenters. The van der Waals surface area contributed by atoms with E-state index in [0.717, 1.165) is 29.8 Å². The van der Waals surface area contributed by atoms with Gasteiger partial charge in [0.2, 0.25) is 0 Å². The largest absolute Gasteiger partial charge is 0.385 e. The maximum absolute atomic E-state index is 12.3. The minimum atomic E-state index is -0.965. The molecule has 1 N–H and O–H groups in total. The topological polar surface area (TPSA) is 55.1 Å². The van der Waals surface area contributed by atoms with E-state index >= 15 is 0 Å². The molecule has 114 valence electrons. The minimum Gasteiger partial charge on any atom is -0.385 e. The predicted octanol–water partition coefficient (Wildman–Crippen LogP) is 2.96. The summed E-state index contributed by atoms with van der Waals surface area (Å²) in [5, 5.41) is 10.1. The van der Waals surface area contributed by atoms with Gasteiger partial charge in [-0.2, -0.15) is 0 Å². The number of fused-ring (bicyclic) bond motifs is 1. The van der Waals surface area contributed by atoms with E-state index in [-0.39, 0.29) is 12.2 Å². The number of ketones is 1. The van der Waals surface area contributed by atoms with Gasteiger partial charge in [0.15, 0.2) is 5.78 Å². The molecule has 4 nitrogen and oxygen atoms in total. The molecule has 0 aliphatic carbocycles. The molecule has 1 atom stereocenters. The lowest BCUT2D eigenvalue weighted by Crippen LogP contribution is -2.35. The van der Waals surface area contributed by atoms with E-state index in [4.69, 9.17) is 0 Å². The van der Waals surface area contributed by atoms with Crippen LogP contribution in [0.25, 0.3) is 11.0 Å². The van der Waals surface area contributed by atoms with Crippen LogP contribution in [0.1, 0.15) is 39.9 Å². The summed E-state index contributed by atoms with van der Waals surface area (Å²) >= 11 is 0. The quantitative estimate of drug-likeness (QED) is 0.920. The van der Waals surface area contributed by atoms with Crippen molar-refractivity contribution in [2.24, 2.45) is 5.41 Å². The van der Waals surface area contributed by atoms with Gasteiger partial charge < -0.3 is 9.67 Å². The molecule has 0 aliphatic heterocycles. The van der Waals surface area contributed by atoms with Gasteiger partial charge in [0.1, 0.15) is 11.9 Å². The van der Waals surface area contributed by atoms with Gasteiger partial charge in [0, 0.05) is 6.54 Å². The fourth-order valence-electron chi connectivity index (χ4n) is 2.47. The van der Waals surface area contributed by atoms with Crippen LogP contribution < -0.4 is 0 Å². The molecule has 1 heterocycles. The minimum absolute atomic E-state index is 0.171. The van der Waals surface area contributed by atoms with Crippen molar-refractivity contribution in [1.82, 2.24) is 9.55 Å². The molecule has 0 aliphatic rings. The Hall–Kier alpha value is -1.68. The SMILES string of the molecule is CCCn1c(CC(=O)C(O)C(C)(C)C)nc2ccccc21. The Morgan fingerprint density at radius 1 is 1.33 bits per heavy atom. The normalized spacial score (nSPS) is 13.6. The smallest absolute Gasteiger partial charge is 0.169 e. The summed E-state index contributed by atoms with van der Waals surface area (Å²) in [5.41, 5.74) is 1.50. The summed E-state index contributed by atoms with van der Waals surface area (Å²) in [5.74, 6) is 0.571. The van der Waals surface area contributed by atoms with Gasteiger partial charge in [-0.15, -0.1) is 0 Å². The van der Waals surface area contributed by atoms with Crippen LogP contribution in [0.2, 0.25) is 0 Å². The third-order valence-corrected chi connectivity index (χ3v) is 3.64. The fourth-order valence-corrected chi connectivity index (χ4v) is 2.47. The fraction of sp³-hybridized carbons (Fsp3) is 0.529. The molecular formula is C17H24N2O2. The van der Waals surface area contributed by atoms with Crippen molar-refractivity contribution < 1.29 is 9.90 Å². The number of rotatable bonds is 5. The van der Waals surface area contributed by atoms with E-state index in [1.165, 1.54) is 0 Å². The Bertz CT molecular complexity index is 638. The number of para-hydroxylation sites is 2. The van der Waals surface area contributed by atoms with Crippen LogP contribution in [-0.4, -0.2) is 26.5 Å². The Kier molecular flexibility index (Phi) is 4.47. The number of hydrogen-bond donors (Lipinski definition) is 1. The van der Waals surface area contributed by atoms with E-state index in [0.29, 0.717) is 0 Å². The van der Waals surface area contributed by atoms with E-state index in [1.807, 2.05) is 45.0 Å². The lowest BCUT2D eigenvalue weighted by Gasteiger charge is -2.24. The Balaban J connectivity index is 2.33. The van der Waals surface area contributed by atoms with Crippen molar-refractivity contribution in [3.05, 3.63) is 30.1 Å². The van der Waals surface area contributed by atoms with Crippen molar-refractivity contribution in [3.63, 3.8) is 0 Å². The molecule has 4 heteroatoms. The lowest BCUT2D eigenvalue weighted by molar-refractivity contribution is -0.131. The lowest BCUT2D eigenvalue weighted by atomic mass is 9.86. The van der Waals surface area contributed by atoms with Crippen LogP contribution in [0.4, 0.5) is 0 Å². The first-order valence-corrected chi connectivity index (χ1v) is 7.49. The molecular weight excluding hydrogens is 264 g/mol. The third-order valence-electron chi connectivity index (χ3n) is 3.64. The standard InChI is InChI=1S/C17H24N2O2/c1-5-10-19-13-9-7-6-8-12(13)18-15(19)11-14(20)16(21)17(2,3)4/h6-9,16,21H,5,10-11H2,1-4H3. The highest BCUT2D eigenvalue weighted by molar-refractivity contribution is 5.86. The van der Waals surface area contributed by atoms with Crippen LogP contribution >= 0.6 is 0 Å². The number of aryl methyl sites for hydroxylation is 1. The maximum Gasteiger partial charge on any atom is 0.169 e. The van der Waals surface area contributed by atoms with Gasteiger partial charge in [-0.3, -0.25) is 4.79 Å². The zero-order valence-corrected chi connectivity index (χ0v) is 13.3. The van der Waals surface area contributed by atoms with Crippen molar-refractivity contribution in [1.29, 1.82) is 0 Å². The zero-order valence-electron chi connectivity index (χ0n) is 13.3. The summed E-state index contributed by atoms with van der Waals surface area (Å²) in [4.78, 5) is 16.9.